The zero-order valence-electron chi connectivity index (χ0n) is 29.2. The average Bonchev–Trinajstić information content (AvgIpc) is 3.31. The maximum atomic E-state index is 12.4. The van der Waals surface area contributed by atoms with Crippen LogP contribution in [-0.2, 0) is 23.9 Å². The monoisotopic (exact) mass is 650 g/mol. The smallest absolute Gasteiger partial charge is 0.306 e. The summed E-state index contributed by atoms with van der Waals surface area (Å²) in [6.07, 6.45) is 23.1. The highest BCUT2D eigenvalue weighted by Gasteiger charge is 2.39. The third-order valence-electron chi connectivity index (χ3n) is 9.16. The predicted molar refractivity (Wildman–Crippen MR) is 183 cm³/mol. The summed E-state index contributed by atoms with van der Waals surface area (Å²) in [6.45, 7) is 6.12. The van der Waals surface area contributed by atoms with E-state index in [0.29, 0.717) is 32.1 Å². The van der Waals surface area contributed by atoms with E-state index in [1.807, 2.05) is 12.2 Å². The third kappa shape index (κ3) is 20.3. The van der Waals surface area contributed by atoms with E-state index in [-0.39, 0.29) is 37.1 Å². The van der Waals surface area contributed by atoms with Gasteiger partial charge in [-0.2, -0.15) is 0 Å². The molecule has 0 heterocycles. The fraction of sp³-hybridized carbons (Fsp3) is 0.816. The summed E-state index contributed by atoms with van der Waals surface area (Å²) in [7, 11) is 0. The largest absolute Gasteiger partial charge is 0.462 e. The van der Waals surface area contributed by atoms with Crippen molar-refractivity contribution < 1.29 is 39.2 Å². The van der Waals surface area contributed by atoms with E-state index >= 15 is 0 Å². The van der Waals surface area contributed by atoms with E-state index in [1.165, 1.54) is 44.9 Å². The van der Waals surface area contributed by atoms with Gasteiger partial charge in [-0.05, 0) is 38.0 Å². The first-order valence-electron chi connectivity index (χ1n) is 18.4. The van der Waals surface area contributed by atoms with Crippen molar-refractivity contribution in [1.29, 1.82) is 0 Å². The number of unbranched alkanes of at least 4 members (excludes halogenated alkanes) is 10. The Hall–Kier alpha value is -2.03. The number of carbonyl (C=O) groups is 3. The summed E-state index contributed by atoms with van der Waals surface area (Å²) < 4.78 is 10.5. The number of rotatable bonds is 28. The van der Waals surface area contributed by atoms with Gasteiger partial charge in [0.05, 0.1) is 18.8 Å². The van der Waals surface area contributed by atoms with Gasteiger partial charge in [-0.1, -0.05) is 122 Å². The van der Waals surface area contributed by atoms with Crippen LogP contribution in [0.2, 0.25) is 0 Å². The molecular formula is C38H66O8. The van der Waals surface area contributed by atoms with Gasteiger partial charge in [0.25, 0.3) is 0 Å². The minimum atomic E-state index is -0.871. The summed E-state index contributed by atoms with van der Waals surface area (Å²) in [6, 6.07) is 0. The Kier molecular flexibility index (Phi) is 24.6. The van der Waals surface area contributed by atoms with E-state index in [9.17, 15) is 29.7 Å². The van der Waals surface area contributed by atoms with E-state index in [2.05, 4.69) is 20.8 Å². The van der Waals surface area contributed by atoms with Gasteiger partial charge >= 0.3 is 11.9 Å². The number of ether oxygens (including phenoxy) is 2. The molecule has 8 heteroatoms. The molecular weight excluding hydrogens is 584 g/mol. The summed E-state index contributed by atoms with van der Waals surface area (Å²) in [5, 5.41) is 30.1. The lowest BCUT2D eigenvalue weighted by atomic mass is 9.90. The topological polar surface area (TPSA) is 130 Å². The molecule has 3 N–H and O–H groups in total. The van der Waals surface area contributed by atoms with Crippen molar-refractivity contribution >= 4 is 17.7 Å². The fourth-order valence-electron chi connectivity index (χ4n) is 5.86. The molecule has 0 aromatic rings. The molecule has 1 unspecified atom stereocenters. The molecule has 0 saturated heterocycles. The van der Waals surface area contributed by atoms with Crippen molar-refractivity contribution in [2.75, 3.05) is 13.2 Å². The quantitative estimate of drug-likeness (QED) is 0.0449. The molecule has 6 atom stereocenters. The van der Waals surface area contributed by atoms with Crippen LogP contribution in [0, 0.1) is 17.8 Å². The molecule has 0 aromatic carbocycles. The number of allylic oxidation sites excluding steroid dienone is 3. The molecule has 0 amide bonds. The lowest BCUT2D eigenvalue weighted by Gasteiger charge is -2.17. The predicted octanol–water partition coefficient (Wildman–Crippen LogP) is 7.56. The van der Waals surface area contributed by atoms with Crippen LogP contribution in [0.3, 0.4) is 0 Å². The average molecular weight is 651 g/mol. The molecule has 0 aromatic heterocycles. The molecule has 266 valence electrons. The van der Waals surface area contributed by atoms with Gasteiger partial charge in [-0.15, -0.1) is 0 Å². The molecule has 0 bridgehead atoms. The number of ketones is 1. The van der Waals surface area contributed by atoms with E-state index in [4.69, 9.17) is 9.47 Å². The van der Waals surface area contributed by atoms with Crippen molar-refractivity contribution in [2.45, 2.75) is 167 Å². The third-order valence-corrected chi connectivity index (χ3v) is 9.16. The Morgan fingerprint density at radius 3 is 2.22 bits per heavy atom. The number of aliphatic hydroxyl groups is 3. The fourth-order valence-corrected chi connectivity index (χ4v) is 5.86. The normalized spacial score (nSPS) is 20.4. The molecule has 1 aliphatic rings. The van der Waals surface area contributed by atoms with E-state index in [1.54, 1.807) is 12.2 Å². The van der Waals surface area contributed by atoms with Crippen molar-refractivity contribution in [3.8, 4) is 0 Å². The first-order chi connectivity index (χ1) is 22.2. The Balaban J connectivity index is 2.18. The summed E-state index contributed by atoms with van der Waals surface area (Å²) in [5.74, 6) is -0.576. The minimum Gasteiger partial charge on any atom is -0.462 e. The van der Waals surface area contributed by atoms with Gasteiger partial charge in [-0.25, -0.2) is 0 Å². The van der Waals surface area contributed by atoms with Crippen LogP contribution in [0.4, 0.5) is 0 Å². The molecule has 1 rings (SSSR count). The van der Waals surface area contributed by atoms with Gasteiger partial charge in [0.1, 0.15) is 12.4 Å². The zero-order chi connectivity index (χ0) is 34.0. The lowest BCUT2D eigenvalue weighted by molar-refractivity contribution is -0.161. The second-order valence-electron chi connectivity index (χ2n) is 13.3. The van der Waals surface area contributed by atoms with Gasteiger partial charge in [0.15, 0.2) is 6.10 Å². The molecule has 0 aliphatic heterocycles. The maximum Gasteiger partial charge on any atom is 0.306 e. The number of hydrogen-bond donors (Lipinski definition) is 3. The molecule has 0 radical (unpaired) electrons. The van der Waals surface area contributed by atoms with Crippen LogP contribution in [0.15, 0.2) is 24.3 Å². The van der Waals surface area contributed by atoms with Crippen molar-refractivity contribution in [1.82, 2.24) is 0 Å². The van der Waals surface area contributed by atoms with Crippen LogP contribution in [0.1, 0.15) is 149 Å². The summed E-state index contributed by atoms with van der Waals surface area (Å²) in [4.78, 5) is 36.7. The Labute approximate surface area is 279 Å². The highest BCUT2D eigenvalue weighted by atomic mass is 16.6. The first kappa shape index (κ1) is 42.0. The maximum absolute atomic E-state index is 12.4. The van der Waals surface area contributed by atoms with Gasteiger partial charge < -0.3 is 24.8 Å². The highest BCUT2D eigenvalue weighted by molar-refractivity contribution is 5.86. The molecule has 1 fully saturated rings. The second-order valence-corrected chi connectivity index (χ2v) is 13.3. The standard InChI is InChI=1S/C38H66O8/c1-4-6-15-21-31(40)25-26-34-33(35(41)27-36(34)42)22-17-13-14-19-24-38(44)46-32(28-39)29-45-37(43)23-18-12-10-8-7-9-11-16-20-30(3)5-2/h13,17,25-26,30-35,39-41H,4-12,14-16,18-24,27-29H2,1-3H3/b17-13-,26-25+/t30?,31-,32-,33+,34+,35-/m0/s1. The van der Waals surface area contributed by atoms with Gasteiger partial charge in [-0.3, -0.25) is 14.4 Å². The summed E-state index contributed by atoms with van der Waals surface area (Å²) in [5.41, 5.74) is 0. The zero-order valence-corrected chi connectivity index (χ0v) is 29.2. The molecule has 46 heavy (non-hydrogen) atoms. The van der Waals surface area contributed by atoms with Crippen molar-refractivity contribution in [3.05, 3.63) is 24.3 Å². The minimum absolute atomic E-state index is 0.00127. The number of aliphatic hydroxyl groups excluding tert-OH is 3. The highest BCUT2D eigenvalue weighted by Crippen LogP contribution is 2.33. The number of Topliss-reactive ketones (excluding diaryl/α,β-unsaturated/α-hetero) is 1. The van der Waals surface area contributed by atoms with E-state index in [0.717, 1.165) is 44.4 Å². The van der Waals surface area contributed by atoms with Gasteiger partial charge in [0, 0.05) is 31.1 Å². The van der Waals surface area contributed by atoms with Crippen LogP contribution in [-0.4, -0.2) is 64.6 Å². The number of hydrogen-bond acceptors (Lipinski definition) is 8. The van der Waals surface area contributed by atoms with Crippen molar-refractivity contribution in [2.24, 2.45) is 17.8 Å². The van der Waals surface area contributed by atoms with Crippen LogP contribution < -0.4 is 0 Å². The molecule has 1 saturated carbocycles. The van der Waals surface area contributed by atoms with Crippen LogP contribution in [0.25, 0.3) is 0 Å². The number of carbonyl (C=O) groups excluding carboxylic acids is 3. The van der Waals surface area contributed by atoms with Crippen molar-refractivity contribution in [3.63, 3.8) is 0 Å². The Morgan fingerprint density at radius 2 is 1.54 bits per heavy atom. The summed E-state index contributed by atoms with van der Waals surface area (Å²) >= 11 is 0. The van der Waals surface area contributed by atoms with Crippen LogP contribution in [0.5, 0.6) is 0 Å². The second kappa shape index (κ2) is 27.0. The van der Waals surface area contributed by atoms with E-state index < -0.39 is 36.8 Å². The molecule has 8 nitrogen and oxygen atoms in total. The Morgan fingerprint density at radius 1 is 0.891 bits per heavy atom. The molecule has 0 spiro atoms. The van der Waals surface area contributed by atoms with Gasteiger partial charge in [0.2, 0.25) is 0 Å². The first-order valence-corrected chi connectivity index (χ1v) is 18.4. The number of esters is 2. The lowest BCUT2D eigenvalue weighted by Crippen LogP contribution is -2.28. The SMILES string of the molecule is CCCCC[C@H](O)/C=C/[C@H]1C(=O)C[C@H](O)[C@@H]1C/C=C\CCCC(=O)O[C@@H](CO)COC(=O)CCCCCCCCCCC(C)CC. The van der Waals surface area contributed by atoms with Crippen LogP contribution >= 0.6 is 0 Å². The molecule has 1 aliphatic carbocycles. The Bertz CT molecular complexity index is 869.